The van der Waals surface area contributed by atoms with Crippen LogP contribution in [-0.2, 0) is 4.57 Å². The summed E-state index contributed by atoms with van der Waals surface area (Å²) in [7, 11) is -4.36. The standard InChI is InChI=1S/C20H11Br2O4P/c21-15-9-11-5-1-3-7-13(11)17-18-14-8-4-2-6-12(14)10-16(22)20(18)26-27(23,24)25-19(15)17/h1-10H,(H,23,24). The summed E-state index contributed by atoms with van der Waals surface area (Å²) in [5.41, 5.74) is 1.44. The van der Waals surface area contributed by atoms with Crippen molar-refractivity contribution in [2.24, 2.45) is 0 Å². The van der Waals surface area contributed by atoms with Crippen LogP contribution < -0.4 is 9.05 Å². The second-order valence-corrected chi connectivity index (χ2v) is 9.23. The molecule has 0 saturated heterocycles. The molecule has 4 nitrogen and oxygen atoms in total. The van der Waals surface area contributed by atoms with Gasteiger partial charge in [-0.05, 0) is 65.5 Å². The van der Waals surface area contributed by atoms with E-state index in [9.17, 15) is 9.46 Å². The Hall–Kier alpha value is -1.85. The lowest BCUT2D eigenvalue weighted by atomic mass is 9.92. The summed E-state index contributed by atoms with van der Waals surface area (Å²) in [5, 5.41) is 3.78. The van der Waals surface area contributed by atoms with Crippen LogP contribution in [0, 0.1) is 0 Å². The van der Waals surface area contributed by atoms with Gasteiger partial charge in [0.2, 0.25) is 0 Å². The molecule has 1 N–H and O–H groups in total. The van der Waals surface area contributed by atoms with Crippen molar-refractivity contribution in [3.63, 3.8) is 0 Å². The van der Waals surface area contributed by atoms with Crippen LogP contribution in [0.1, 0.15) is 0 Å². The van der Waals surface area contributed by atoms with Crippen molar-refractivity contribution in [1.82, 2.24) is 0 Å². The van der Waals surface area contributed by atoms with Crippen molar-refractivity contribution in [3.05, 3.63) is 69.6 Å². The zero-order valence-corrected chi connectivity index (χ0v) is 17.7. The van der Waals surface area contributed by atoms with Crippen LogP contribution in [0.2, 0.25) is 0 Å². The lowest BCUT2D eigenvalue weighted by Gasteiger charge is -2.15. The fraction of sp³-hybridized carbons (Fsp3) is 0. The molecule has 134 valence electrons. The molecule has 1 heterocycles. The molecule has 4 aromatic carbocycles. The first-order valence-electron chi connectivity index (χ1n) is 8.09. The molecule has 0 atom stereocenters. The van der Waals surface area contributed by atoms with E-state index in [1.807, 2.05) is 60.7 Å². The molecular formula is C20H11Br2O4P. The van der Waals surface area contributed by atoms with Crippen LogP contribution in [0.5, 0.6) is 11.5 Å². The number of phosphoric ester groups is 1. The number of fused-ring (bicyclic) bond motifs is 7. The van der Waals surface area contributed by atoms with Crippen molar-refractivity contribution < 1.29 is 18.5 Å². The van der Waals surface area contributed by atoms with Crippen molar-refractivity contribution in [1.29, 1.82) is 0 Å². The first kappa shape index (κ1) is 17.3. The Bertz CT molecular complexity index is 1210. The van der Waals surface area contributed by atoms with Gasteiger partial charge in [0.1, 0.15) is 0 Å². The normalized spacial score (nSPS) is 14.8. The molecule has 1 aliphatic heterocycles. The molecule has 27 heavy (non-hydrogen) atoms. The SMILES string of the molecule is O=P1(O)Oc2c(Br)cc3ccccc3c2-c2c(c(Br)cc3ccccc23)O1. The lowest BCUT2D eigenvalue weighted by Crippen LogP contribution is -1.98. The molecule has 0 radical (unpaired) electrons. The predicted octanol–water partition coefficient (Wildman–Crippen LogP) is 7.06. The van der Waals surface area contributed by atoms with Gasteiger partial charge in [0.15, 0.2) is 11.5 Å². The van der Waals surface area contributed by atoms with Gasteiger partial charge in [-0.15, -0.1) is 0 Å². The topological polar surface area (TPSA) is 55.8 Å². The molecule has 0 bridgehead atoms. The van der Waals surface area contributed by atoms with Crippen LogP contribution in [0.25, 0.3) is 32.7 Å². The molecule has 0 spiro atoms. The summed E-state index contributed by atoms with van der Waals surface area (Å²) in [5.74, 6) is 0.586. The first-order valence-corrected chi connectivity index (χ1v) is 11.2. The van der Waals surface area contributed by atoms with Crippen LogP contribution >= 0.6 is 39.7 Å². The number of phosphoric acid groups is 1. The second kappa shape index (κ2) is 6.08. The minimum atomic E-state index is -4.36. The maximum atomic E-state index is 12.6. The highest BCUT2D eigenvalue weighted by molar-refractivity contribution is 9.11. The number of benzene rings is 4. The van der Waals surface area contributed by atoms with E-state index in [1.54, 1.807) is 0 Å². The van der Waals surface area contributed by atoms with E-state index in [1.165, 1.54) is 0 Å². The molecule has 5 rings (SSSR count). The van der Waals surface area contributed by atoms with E-state index in [0.29, 0.717) is 20.4 Å². The van der Waals surface area contributed by atoms with Crippen molar-refractivity contribution in [2.45, 2.75) is 0 Å². The Morgan fingerprint density at radius 3 is 1.59 bits per heavy atom. The summed E-state index contributed by atoms with van der Waals surface area (Å²) in [6, 6.07) is 19.4. The molecule has 1 aliphatic rings. The van der Waals surface area contributed by atoms with Gasteiger partial charge in [0, 0.05) is 11.1 Å². The Morgan fingerprint density at radius 1 is 0.741 bits per heavy atom. The zero-order chi connectivity index (χ0) is 18.8. The van der Waals surface area contributed by atoms with E-state index in [2.05, 4.69) is 31.9 Å². The molecule has 0 fully saturated rings. The third-order valence-electron chi connectivity index (χ3n) is 4.58. The Balaban J connectivity index is 2.08. The third kappa shape index (κ3) is 2.71. The Morgan fingerprint density at radius 2 is 1.15 bits per heavy atom. The van der Waals surface area contributed by atoms with Gasteiger partial charge in [0.25, 0.3) is 0 Å². The monoisotopic (exact) mass is 504 g/mol. The molecular weight excluding hydrogens is 495 g/mol. The summed E-state index contributed by atoms with van der Waals surface area (Å²) in [6.07, 6.45) is 0. The molecule has 7 heteroatoms. The van der Waals surface area contributed by atoms with Crippen LogP contribution in [0.3, 0.4) is 0 Å². The highest BCUT2D eigenvalue weighted by atomic mass is 79.9. The maximum absolute atomic E-state index is 12.6. The lowest BCUT2D eigenvalue weighted by molar-refractivity contribution is 0.293. The van der Waals surface area contributed by atoms with E-state index >= 15 is 0 Å². The van der Waals surface area contributed by atoms with Gasteiger partial charge in [0.05, 0.1) is 8.95 Å². The van der Waals surface area contributed by atoms with Gasteiger partial charge in [-0.1, -0.05) is 48.5 Å². The van der Waals surface area contributed by atoms with E-state index < -0.39 is 7.82 Å². The fourth-order valence-electron chi connectivity index (χ4n) is 3.51. The van der Waals surface area contributed by atoms with E-state index in [-0.39, 0.29) is 0 Å². The minimum Gasteiger partial charge on any atom is -0.393 e. The van der Waals surface area contributed by atoms with Crippen LogP contribution in [0.4, 0.5) is 0 Å². The van der Waals surface area contributed by atoms with Crippen LogP contribution in [0.15, 0.2) is 69.6 Å². The number of rotatable bonds is 0. The zero-order valence-electron chi connectivity index (χ0n) is 13.6. The summed E-state index contributed by atoms with van der Waals surface area (Å²) >= 11 is 7.00. The molecule has 0 unspecified atom stereocenters. The number of hydrogen-bond donors (Lipinski definition) is 1. The minimum absolute atomic E-state index is 0.293. The third-order valence-corrected chi connectivity index (χ3v) is 6.58. The smallest absolute Gasteiger partial charge is 0.393 e. The van der Waals surface area contributed by atoms with Crippen molar-refractivity contribution in [2.75, 3.05) is 0 Å². The van der Waals surface area contributed by atoms with Crippen molar-refractivity contribution in [3.8, 4) is 22.6 Å². The average Bonchev–Trinajstić information content (AvgIpc) is 2.76. The molecule has 4 aromatic rings. The Labute approximate surface area is 171 Å². The molecule has 0 saturated carbocycles. The quantitative estimate of drug-likeness (QED) is 0.260. The van der Waals surface area contributed by atoms with Gasteiger partial charge < -0.3 is 9.05 Å². The number of hydrogen-bond acceptors (Lipinski definition) is 3. The molecule has 0 aromatic heterocycles. The fourth-order valence-corrected chi connectivity index (χ4v) is 5.69. The highest BCUT2D eigenvalue weighted by Crippen LogP contribution is 2.60. The number of halogens is 2. The van der Waals surface area contributed by atoms with Gasteiger partial charge in [-0.3, -0.25) is 4.89 Å². The predicted molar refractivity (Wildman–Crippen MR) is 113 cm³/mol. The largest absolute Gasteiger partial charge is 0.585 e. The summed E-state index contributed by atoms with van der Waals surface area (Å²) in [6.45, 7) is 0. The Kier molecular flexibility index (Phi) is 3.89. The molecule has 0 amide bonds. The van der Waals surface area contributed by atoms with E-state index in [0.717, 1.165) is 32.7 Å². The van der Waals surface area contributed by atoms with Crippen LogP contribution in [-0.4, -0.2) is 4.89 Å². The first-order chi connectivity index (χ1) is 12.9. The van der Waals surface area contributed by atoms with Gasteiger partial charge in [-0.2, -0.15) is 0 Å². The van der Waals surface area contributed by atoms with Crippen molar-refractivity contribution >= 4 is 61.2 Å². The second-order valence-electron chi connectivity index (χ2n) is 6.22. The highest BCUT2D eigenvalue weighted by Gasteiger charge is 2.36. The maximum Gasteiger partial charge on any atom is 0.585 e. The van der Waals surface area contributed by atoms with E-state index in [4.69, 9.17) is 9.05 Å². The summed E-state index contributed by atoms with van der Waals surface area (Å²) in [4.78, 5) is 10.3. The average molecular weight is 506 g/mol. The summed E-state index contributed by atoms with van der Waals surface area (Å²) < 4.78 is 24.8. The van der Waals surface area contributed by atoms with Gasteiger partial charge in [-0.25, -0.2) is 4.57 Å². The van der Waals surface area contributed by atoms with Gasteiger partial charge >= 0.3 is 7.82 Å². The molecule has 0 aliphatic carbocycles.